The second kappa shape index (κ2) is 27.2. The summed E-state index contributed by atoms with van der Waals surface area (Å²) in [5, 5.41) is 45.5. The number of nitrogens with two attached hydrogens (primary N) is 2. The summed E-state index contributed by atoms with van der Waals surface area (Å²) >= 11 is 7.38. The first-order valence-corrected chi connectivity index (χ1v) is 30.4. The second-order valence-corrected chi connectivity index (χ2v) is 25.1. The molecule has 4 aliphatic rings. The molecule has 0 bridgehead atoms. The van der Waals surface area contributed by atoms with E-state index in [9.17, 15) is 82.9 Å². The quantitative estimate of drug-likeness (QED) is 0.0174. The summed E-state index contributed by atoms with van der Waals surface area (Å²) in [4.78, 5) is 107. The summed E-state index contributed by atoms with van der Waals surface area (Å²) in [5.41, 5.74) is 3.69. The maximum absolute atomic E-state index is 13.1. The average molecular weight is 1400 g/mol. The predicted octanol–water partition coefficient (Wildman–Crippen LogP) is 3.02. The maximum Gasteiger partial charge on any atom is 0.485 e. The van der Waals surface area contributed by atoms with Crippen molar-refractivity contribution in [2.75, 3.05) is 23.0 Å². The Morgan fingerprint density at radius 2 is 1.07 bits per heavy atom. The van der Waals surface area contributed by atoms with Crippen molar-refractivity contribution < 1.29 is 125 Å². The number of pyridine rings is 2. The molecule has 4 atom stereocenters. The highest BCUT2D eigenvalue weighted by atomic mass is 32.2. The first kappa shape index (κ1) is 68.2. The number of thioether (sulfide) groups is 2. The second-order valence-electron chi connectivity index (χ2n) is 17.4. The van der Waals surface area contributed by atoms with Crippen molar-refractivity contribution >= 4 is 173 Å². The number of carboxylic acids is 3. The van der Waals surface area contributed by atoms with Crippen molar-refractivity contribution in [3.05, 3.63) is 92.1 Å². The molecule has 476 valence electrons. The van der Waals surface area contributed by atoms with Gasteiger partial charge in [0.2, 0.25) is 11.4 Å². The van der Waals surface area contributed by atoms with Gasteiger partial charge in [0.05, 0.1) is 22.9 Å². The van der Waals surface area contributed by atoms with Crippen molar-refractivity contribution in [3.63, 3.8) is 0 Å². The van der Waals surface area contributed by atoms with Gasteiger partial charge in [-0.1, -0.05) is 56.5 Å². The van der Waals surface area contributed by atoms with Gasteiger partial charge in [0, 0.05) is 44.2 Å². The molecule has 10 rings (SSSR count). The lowest BCUT2D eigenvalue weighted by atomic mass is 9.94. The fourth-order valence-electron chi connectivity index (χ4n) is 8.11. The summed E-state index contributed by atoms with van der Waals surface area (Å²) in [5.74, 6) is -8.34. The third kappa shape index (κ3) is 15.4. The number of halogens is 10. The third-order valence-corrected chi connectivity index (χ3v) is 18.0. The molecule has 2 saturated heterocycles. The molecule has 0 spiro atoms. The Bertz CT molecular complexity index is 3840. The molecule has 0 aromatic carbocycles. The van der Waals surface area contributed by atoms with E-state index in [0.29, 0.717) is 10.1 Å². The number of oxime groups is 2. The van der Waals surface area contributed by atoms with Crippen LogP contribution in [-0.4, -0.2) is 156 Å². The van der Waals surface area contributed by atoms with Gasteiger partial charge in [0.1, 0.15) is 29.4 Å². The minimum atomic E-state index is -6.09. The molecule has 89 heavy (non-hydrogen) atoms. The lowest BCUT2D eigenvalue weighted by molar-refractivity contribution is -0.543. The number of β-lactam (4-membered cyclic amide) rings is 2. The fraction of sp³-hybridized carbons (Fsp3) is 0.267. The van der Waals surface area contributed by atoms with Crippen molar-refractivity contribution in [1.82, 2.24) is 30.4 Å². The Hall–Kier alpha value is -8.30. The molecule has 6 aromatic rings. The van der Waals surface area contributed by atoms with Crippen LogP contribution in [-0.2, 0) is 53.4 Å². The van der Waals surface area contributed by atoms with E-state index in [0.717, 1.165) is 62.7 Å². The minimum Gasteiger partial charge on any atom is -0.741 e. The molecular weight excluding hydrogens is 1360 g/mol. The lowest BCUT2D eigenvalue weighted by Gasteiger charge is -2.48. The largest absolute Gasteiger partial charge is 0.741 e. The number of hydrogen-bond donors (Lipinski definition) is 6. The fourth-order valence-corrected chi connectivity index (χ4v) is 13.9. The number of carbonyl (C=O) groups is 7. The van der Waals surface area contributed by atoms with E-state index in [2.05, 4.69) is 40.6 Å². The summed E-state index contributed by atoms with van der Waals surface area (Å²) < 4.78 is 144. The van der Waals surface area contributed by atoms with E-state index in [-0.39, 0.29) is 44.6 Å². The lowest BCUT2D eigenvalue weighted by Crippen LogP contribution is -2.73. The van der Waals surface area contributed by atoms with E-state index < -0.39 is 112 Å². The van der Waals surface area contributed by atoms with Crippen LogP contribution in [0, 0.1) is 13.8 Å². The molecule has 2 fully saturated rings. The molecule has 0 aliphatic carbocycles. The van der Waals surface area contributed by atoms with Crippen LogP contribution in [0.4, 0.5) is 54.2 Å². The van der Waals surface area contributed by atoms with Crippen LogP contribution >= 0.6 is 68.9 Å². The molecule has 44 heteroatoms. The molecule has 27 nitrogen and oxygen atoms in total. The predicted molar refractivity (Wildman–Crippen MR) is 292 cm³/mol. The SMILES string of the molecule is Cc1cc2ccc[n+](C3=C(C(=O)O)N4C(=O)C(NC(=O)C(=NOC(F)F)c5csc(N)n5)C4CS3)c2s1.Cc1cc2ccc[n+](C3=C(C(=O)O)N4C(=O)C(NC(=O)C(=NOC(F)F)c5csc(N)n5)C4CS3)c2s1.O=C([O-])C(F)(F)F.O=S(=O)([O-])C(F)(F)F. The van der Waals surface area contributed by atoms with Gasteiger partial charge in [0.15, 0.2) is 44.2 Å². The maximum atomic E-state index is 13.1. The number of thiazole rings is 2. The number of nitrogens with one attached hydrogen (secondary N) is 2. The number of carboxylic acid groups (broad SMARTS) is 3. The number of thiophene rings is 2. The first-order chi connectivity index (χ1) is 41.5. The Balaban J connectivity index is 0.000000206. The van der Waals surface area contributed by atoms with Gasteiger partial charge in [-0.3, -0.25) is 29.0 Å². The summed E-state index contributed by atoms with van der Waals surface area (Å²) in [6.45, 7) is -2.68. The highest BCUT2D eigenvalue weighted by Crippen LogP contribution is 2.42. The van der Waals surface area contributed by atoms with E-state index in [1.54, 1.807) is 33.7 Å². The van der Waals surface area contributed by atoms with Gasteiger partial charge in [0.25, 0.3) is 43.3 Å². The van der Waals surface area contributed by atoms with E-state index in [1.807, 2.05) is 38.1 Å². The number of carbonyl (C=O) groups excluding carboxylic acids is 5. The molecule has 0 radical (unpaired) electrons. The number of alkyl halides is 10. The summed E-state index contributed by atoms with van der Waals surface area (Å²) in [7, 11) is -6.09. The monoisotopic (exact) mass is 1400 g/mol. The Labute approximate surface area is 513 Å². The standard InChI is InChI=1S/2C21H16F2N6O5S3.C2HF3O2.CHF3O3S/c2*1-8-5-9-3-2-4-28(17(9)37-8)18-14(19(32)33)29-11(7-35-18)13(16(29)31)26-15(30)12(27-34-20(22)23)10-6-36-21(24)25-10;3-2(4,5)1(6)7;2-1(3,4)8(5,6)7/h2*2-6,11,13,20H,7H2,1H3,(H3-,24,25,26,30,32,33);(H,6,7);(H,5,6,7). The van der Waals surface area contributed by atoms with Gasteiger partial charge >= 0.3 is 36.8 Å². The van der Waals surface area contributed by atoms with Gasteiger partial charge in [-0.25, -0.2) is 28.0 Å². The smallest absolute Gasteiger partial charge is 0.485 e. The number of nitrogen functional groups attached to an aromatic ring is 2. The van der Waals surface area contributed by atoms with E-state index in [1.165, 1.54) is 57.0 Å². The van der Waals surface area contributed by atoms with Gasteiger partial charge in [-0.2, -0.15) is 43.9 Å². The molecule has 6 aromatic heterocycles. The topological polar surface area (TPSA) is 400 Å². The number of hydrogen-bond acceptors (Lipinski definition) is 25. The van der Waals surface area contributed by atoms with Crippen molar-refractivity contribution in [1.29, 1.82) is 0 Å². The number of fused-ring (bicyclic) bond motifs is 4. The Morgan fingerprint density at radius 1 is 0.719 bits per heavy atom. The zero-order valence-electron chi connectivity index (χ0n) is 43.7. The molecule has 4 unspecified atom stereocenters. The van der Waals surface area contributed by atoms with Crippen molar-refractivity contribution in [3.8, 4) is 0 Å². The number of anilines is 2. The molecular formula is C45H34F10N12O15S7. The number of amides is 4. The number of aromatic nitrogens is 4. The average Bonchev–Trinajstić information content (AvgIpc) is 1.45. The van der Waals surface area contributed by atoms with Crippen LogP contribution in [0.25, 0.3) is 30.5 Å². The van der Waals surface area contributed by atoms with E-state index >= 15 is 0 Å². The number of aryl methyl sites for hydroxylation is 2. The van der Waals surface area contributed by atoms with Crippen LogP contribution in [0.1, 0.15) is 21.1 Å². The highest BCUT2D eigenvalue weighted by molar-refractivity contribution is 8.08. The van der Waals surface area contributed by atoms with Crippen molar-refractivity contribution in [2.45, 2.75) is 62.9 Å². The number of rotatable bonds is 14. The van der Waals surface area contributed by atoms with Crippen LogP contribution < -0.4 is 36.3 Å². The number of aliphatic carboxylic acids is 3. The summed E-state index contributed by atoms with van der Waals surface area (Å²) in [6.07, 6.45) is -1.72. The zero-order chi connectivity index (χ0) is 65.9. The molecule has 4 amide bonds. The third-order valence-electron chi connectivity index (χ3n) is 11.6. The Kier molecular flexibility index (Phi) is 20.8. The highest BCUT2D eigenvalue weighted by Gasteiger charge is 2.58. The van der Waals surface area contributed by atoms with Crippen LogP contribution in [0.15, 0.2) is 81.3 Å². The molecule has 0 saturated carbocycles. The van der Waals surface area contributed by atoms with Gasteiger partial charge < -0.3 is 56.4 Å². The van der Waals surface area contributed by atoms with E-state index in [4.69, 9.17) is 34.3 Å². The first-order valence-electron chi connectivity index (χ1n) is 23.6. The number of nitrogens with zero attached hydrogens (tertiary/aromatic N) is 8. The zero-order valence-corrected chi connectivity index (χ0v) is 49.4. The van der Waals surface area contributed by atoms with Gasteiger partial charge in [-0.05, 0) is 38.1 Å². The molecule has 10 heterocycles. The Morgan fingerprint density at radius 3 is 1.35 bits per heavy atom. The van der Waals surface area contributed by atoms with Crippen molar-refractivity contribution in [2.24, 2.45) is 10.3 Å². The van der Waals surface area contributed by atoms with Crippen LogP contribution in [0.5, 0.6) is 0 Å². The summed E-state index contributed by atoms with van der Waals surface area (Å²) in [6, 6.07) is 7.83. The normalized spacial score (nSPS) is 18.6. The minimum absolute atomic E-state index is 0.0688. The van der Waals surface area contributed by atoms with Crippen LogP contribution in [0.2, 0.25) is 0 Å². The molecule has 8 N–H and O–H groups in total. The molecule has 4 aliphatic heterocycles. The van der Waals surface area contributed by atoms with Crippen LogP contribution in [0.3, 0.4) is 0 Å². The van der Waals surface area contributed by atoms with Gasteiger partial charge in [-0.15, -0.1) is 31.8 Å².